The predicted octanol–water partition coefficient (Wildman–Crippen LogP) is 3.28. The number of rotatable bonds is 5. The van der Waals surface area contributed by atoms with Crippen LogP contribution in [0.2, 0.25) is 0 Å². The minimum Gasteiger partial charge on any atom is -0.497 e. The topological polar surface area (TPSA) is 58.6 Å². The second kappa shape index (κ2) is 6.21. The molecule has 0 aliphatic carbocycles. The van der Waals surface area contributed by atoms with Gasteiger partial charge in [-0.15, -0.1) is 0 Å². The molecule has 2 aromatic rings. The van der Waals surface area contributed by atoms with Crippen molar-refractivity contribution in [2.75, 3.05) is 12.4 Å². The predicted molar refractivity (Wildman–Crippen MR) is 73.6 cm³/mol. The van der Waals surface area contributed by atoms with Gasteiger partial charge >= 0.3 is 5.97 Å². The molecule has 0 radical (unpaired) electrons. The van der Waals surface area contributed by atoms with Crippen LogP contribution < -0.4 is 10.1 Å². The molecule has 0 fully saturated rings. The molecule has 2 aromatic carbocycles. The van der Waals surface area contributed by atoms with Gasteiger partial charge in [-0.1, -0.05) is 0 Å². The Labute approximate surface area is 120 Å². The summed E-state index contributed by atoms with van der Waals surface area (Å²) in [6.07, 6.45) is 0. The van der Waals surface area contributed by atoms with Gasteiger partial charge in [0, 0.05) is 18.2 Å². The average Bonchev–Trinajstić information content (AvgIpc) is 2.47. The molecule has 0 aliphatic heterocycles. The number of aromatic carboxylic acids is 1. The van der Waals surface area contributed by atoms with Crippen LogP contribution in [-0.4, -0.2) is 18.2 Å². The van der Waals surface area contributed by atoms with Crippen LogP contribution in [0.15, 0.2) is 36.4 Å². The number of nitrogens with one attached hydrogen (secondary N) is 1. The number of anilines is 1. The average molecular weight is 293 g/mol. The molecule has 4 nitrogen and oxygen atoms in total. The summed E-state index contributed by atoms with van der Waals surface area (Å²) in [6, 6.07) is 7.59. The van der Waals surface area contributed by atoms with Crippen LogP contribution in [0.5, 0.6) is 5.75 Å². The molecule has 0 saturated heterocycles. The van der Waals surface area contributed by atoms with Crippen molar-refractivity contribution in [3.63, 3.8) is 0 Å². The molecular weight excluding hydrogens is 280 g/mol. The van der Waals surface area contributed by atoms with E-state index in [-0.39, 0.29) is 23.4 Å². The normalized spacial score (nSPS) is 10.2. The van der Waals surface area contributed by atoms with Crippen LogP contribution in [0, 0.1) is 11.6 Å². The summed E-state index contributed by atoms with van der Waals surface area (Å²) in [6.45, 7) is -0.0446. The number of hydrogen-bond donors (Lipinski definition) is 2. The Kier molecular flexibility index (Phi) is 4.37. The summed E-state index contributed by atoms with van der Waals surface area (Å²) in [7, 11) is 1.45. The maximum absolute atomic E-state index is 13.6. The molecular formula is C15H13F2NO3. The van der Waals surface area contributed by atoms with Gasteiger partial charge in [-0.05, 0) is 30.3 Å². The minimum atomic E-state index is -1.15. The first kappa shape index (κ1) is 14.8. The molecule has 0 atom stereocenters. The Morgan fingerprint density at radius 2 is 1.90 bits per heavy atom. The summed E-state index contributed by atoms with van der Waals surface area (Å²) >= 11 is 0. The van der Waals surface area contributed by atoms with Crippen molar-refractivity contribution in [3.8, 4) is 5.75 Å². The van der Waals surface area contributed by atoms with Gasteiger partial charge in [0.1, 0.15) is 17.4 Å². The Hall–Kier alpha value is -2.63. The number of benzene rings is 2. The zero-order valence-electron chi connectivity index (χ0n) is 11.2. The summed E-state index contributed by atoms with van der Waals surface area (Å²) in [5.74, 6) is -1.76. The summed E-state index contributed by atoms with van der Waals surface area (Å²) in [4.78, 5) is 10.9. The third-order valence-electron chi connectivity index (χ3n) is 2.94. The fourth-order valence-electron chi connectivity index (χ4n) is 1.80. The van der Waals surface area contributed by atoms with Crippen LogP contribution >= 0.6 is 0 Å². The lowest BCUT2D eigenvalue weighted by Gasteiger charge is -2.10. The molecule has 0 bridgehead atoms. The molecule has 0 spiro atoms. The quantitative estimate of drug-likeness (QED) is 0.888. The second-order valence-corrected chi connectivity index (χ2v) is 4.31. The van der Waals surface area contributed by atoms with Gasteiger partial charge < -0.3 is 15.2 Å². The van der Waals surface area contributed by atoms with Crippen molar-refractivity contribution in [3.05, 3.63) is 59.2 Å². The number of carboxylic acids is 1. The Morgan fingerprint density at radius 3 is 2.57 bits per heavy atom. The maximum atomic E-state index is 13.6. The molecule has 2 rings (SSSR count). The lowest BCUT2D eigenvalue weighted by atomic mass is 10.1. The molecule has 110 valence electrons. The van der Waals surface area contributed by atoms with E-state index >= 15 is 0 Å². The van der Waals surface area contributed by atoms with Gasteiger partial charge in [0.25, 0.3) is 0 Å². The lowest BCUT2D eigenvalue weighted by Crippen LogP contribution is -2.06. The first-order valence-corrected chi connectivity index (χ1v) is 6.10. The van der Waals surface area contributed by atoms with Gasteiger partial charge in [-0.3, -0.25) is 0 Å². The highest BCUT2D eigenvalue weighted by atomic mass is 19.1. The molecule has 21 heavy (non-hydrogen) atoms. The van der Waals surface area contributed by atoms with Crippen LogP contribution in [0.25, 0.3) is 0 Å². The summed E-state index contributed by atoms with van der Waals surface area (Å²) in [5.41, 5.74) is 0.255. The molecule has 2 N–H and O–H groups in total. The first-order valence-electron chi connectivity index (χ1n) is 6.10. The van der Waals surface area contributed by atoms with E-state index in [1.54, 1.807) is 0 Å². The van der Waals surface area contributed by atoms with Crippen LogP contribution in [-0.2, 0) is 6.54 Å². The van der Waals surface area contributed by atoms with Crippen LogP contribution in [0.4, 0.5) is 14.5 Å². The summed E-state index contributed by atoms with van der Waals surface area (Å²) < 4.78 is 32.2. The number of carbonyl (C=O) groups is 1. The smallest absolute Gasteiger partial charge is 0.335 e. The van der Waals surface area contributed by atoms with Crippen LogP contribution in [0.3, 0.4) is 0 Å². The zero-order valence-corrected chi connectivity index (χ0v) is 11.2. The number of hydrogen-bond acceptors (Lipinski definition) is 3. The van der Waals surface area contributed by atoms with Crippen molar-refractivity contribution < 1.29 is 23.4 Å². The monoisotopic (exact) mass is 293 g/mol. The molecule has 0 aromatic heterocycles. The highest BCUT2D eigenvalue weighted by molar-refractivity contribution is 5.87. The third-order valence-corrected chi connectivity index (χ3v) is 2.94. The van der Waals surface area contributed by atoms with Crippen molar-refractivity contribution in [1.29, 1.82) is 0 Å². The molecule has 0 unspecified atom stereocenters. The Balaban J connectivity index is 2.20. The Morgan fingerprint density at radius 1 is 1.19 bits per heavy atom. The highest BCUT2D eigenvalue weighted by Gasteiger charge is 2.10. The van der Waals surface area contributed by atoms with E-state index < -0.39 is 17.6 Å². The van der Waals surface area contributed by atoms with E-state index in [1.165, 1.54) is 37.4 Å². The van der Waals surface area contributed by atoms with E-state index in [0.29, 0.717) is 5.75 Å². The number of methoxy groups -OCH3 is 1. The second-order valence-electron chi connectivity index (χ2n) is 4.31. The van der Waals surface area contributed by atoms with Crippen molar-refractivity contribution >= 4 is 11.7 Å². The van der Waals surface area contributed by atoms with E-state index in [9.17, 15) is 13.6 Å². The van der Waals surface area contributed by atoms with Gasteiger partial charge in [0.05, 0.1) is 18.4 Å². The largest absolute Gasteiger partial charge is 0.497 e. The van der Waals surface area contributed by atoms with Crippen LogP contribution in [0.1, 0.15) is 15.9 Å². The minimum absolute atomic E-state index is 0.0284. The molecule has 0 aliphatic rings. The third kappa shape index (κ3) is 3.47. The molecule has 0 saturated carbocycles. The lowest BCUT2D eigenvalue weighted by molar-refractivity contribution is 0.0696. The van der Waals surface area contributed by atoms with E-state index in [2.05, 4.69) is 5.32 Å². The van der Waals surface area contributed by atoms with Gasteiger partial charge in [0.15, 0.2) is 0 Å². The highest BCUT2D eigenvalue weighted by Crippen LogP contribution is 2.22. The summed E-state index contributed by atoms with van der Waals surface area (Å²) in [5, 5.41) is 11.6. The first-order chi connectivity index (χ1) is 10.0. The zero-order chi connectivity index (χ0) is 15.4. The van der Waals surface area contributed by atoms with E-state index in [1.807, 2.05) is 0 Å². The fourth-order valence-corrected chi connectivity index (χ4v) is 1.80. The SMILES string of the molecule is COc1ccc(F)c(NCc2cc(C(=O)O)ccc2F)c1. The van der Waals surface area contributed by atoms with E-state index in [4.69, 9.17) is 9.84 Å². The van der Waals surface area contributed by atoms with Gasteiger partial charge in [-0.2, -0.15) is 0 Å². The standard InChI is InChI=1S/C15H13F2NO3/c1-21-11-3-5-13(17)14(7-11)18-8-10-6-9(15(19)20)2-4-12(10)16/h2-7,18H,8H2,1H3,(H,19,20). The number of ether oxygens (including phenoxy) is 1. The Bertz CT molecular complexity index is 674. The van der Waals surface area contributed by atoms with Crippen molar-refractivity contribution in [2.24, 2.45) is 0 Å². The van der Waals surface area contributed by atoms with E-state index in [0.717, 1.165) is 6.07 Å². The van der Waals surface area contributed by atoms with Gasteiger partial charge in [0.2, 0.25) is 0 Å². The van der Waals surface area contributed by atoms with Crippen molar-refractivity contribution in [1.82, 2.24) is 0 Å². The van der Waals surface area contributed by atoms with Crippen molar-refractivity contribution in [2.45, 2.75) is 6.54 Å². The fraction of sp³-hybridized carbons (Fsp3) is 0.133. The number of carboxylic acid groups (broad SMARTS) is 1. The van der Waals surface area contributed by atoms with Gasteiger partial charge in [-0.25, -0.2) is 13.6 Å². The molecule has 6 heteroatoms. The number of halogens is 2. The molecule has 0 heterocycles. The molecule has 0 amide bonds. The maximum Gasteiger partial charge on any atom is 0.335 e.